The van der Waals surface area contributed by atoms with Gasteiger partial charge in [0.05, 0.1) is 0 Å². The average Bonchev–Trinajstić information content (AvgIpc) is 3.05. The Bertz CT molecular complexity index is 680. The Morgan fingerprint density at radius 3 is 2.39 bits per heavy atom. The predicted molar refractivity (Wildman–Crippen MR) is 129 cm³/mol. The molecule has 2 heteroatoms. The Morgan fingerprint density at radius 2 is 1.68 bits per heavy atom. The molecule has 0 amide bonds. The van der Waals surface area contributed by atoms with Gasteiger partial charge in [0.1, 0.15) is 6.10 Å². The normalized spacial score (nSPS) is 45.8. The molecule has 4 aliphatic rings. The van der Waals surface area contributed by atoms with Gasteiger partial charge in [0.2, 0.25) is 0 Å². The lowest BCUT2D eigenvalue weighted by molar-refractivity contribution is -0.160. The Balaban J connectivity index is 1.46. The van der Waals surface area contributed by atoms with Gasteiger partial charge in [-0.15, -0.1) is 0 Å². The molecule has 0 aliphatic heterocycles. The minimum absolute atomic E-state index is 0.0933. The minimum Gasteiger partial charge on any atom is -0.463 e. The molecule has 0 aromatic rings. The number of carbonyl (C=O) groups is 1. The third-order valence-electron chi connectivity index (χ3n) is 10.7. The van der Waals surface area contributed by atoms with E-state index in [1.807, 2.05) is 0 Å². The van der Waals surface area contributed by atoms with E-state index in [1.165, 1.54) is 51.4 Å². The van der Waals surface area contributed by atoms with Crippen molar-refractivity contribution in [3.05, 3.63) is 12.2 Å². The summed E-state index contributed by atoms with van der Waals surface area (Å²) in [6.07, 6.45) is 18.4. The molecule has 0 bridgehead atoms. The SMILES string of the molecule is CC(=O)OC1CCC2(C)C(CCC3C2CCC2(C)C(C(C)C=CCC(C)C)CCC32)C1. The zero-order valence-corrected chi connectivity index (χ0v) is 21.2. The van der Waals surface area contributed by atoms with Gasteiger partial charge in [-0.1, -0.05) is 46.8 Å². The highest BCUT2D eigenvalue weighted by molar-refractivity contribution is 5.66. The van der Waals surface area contributed by atoms with E-state index in [-0.39, 0.29) is 12.1 Å². The summed E-state index contributed by atoms with van der Waals surface area (Å²) in [6, 6.07) is 0. The van der Waals surface area contributed by atoms with E-state index in [0.29, 0.717) is 10.8 Å². The lowest BCUT2D eigenvalue weighted by atomic mass is 9.44. The molecule has 0 aromatic carbocycles. The maximum absolute atomic E-state index is 11.5. The zero-order valence-electron chi connectivity index (χ0n) is 21.2. The minimum atomic E-state index is -0.0933. The van der Waals surface area contributed by atoms with Crippen molar-refractivity contribution in [3.8, 4) is 0 Å². The lowest BCUT2D eigenvalue weighted by Gasteiger charge is -2.61. The van der Waals surface area contributed by atoms with Crippen LogP contribution < -0.4 is 0 Å². The molecule has 9 atom stereocenters. The van der Waals surface area contributed by atoms with E-state index in [1.54, 1.807) is 6.92 Å². The number of hydrogen-bond donors (Lipinski definition) is 0. The predicted octanol–water partition coefficient (Wildman–Crippen LogP) is 7.82. The molecule has 0 heterocycles. The van der Waals surface area contributed by atoms with Gasteiger partial charge in [-0.3, -0.25) is 4.79 Å². The third-order valence-corrected chi connectivity index (χ3v) is 10.7. The molecule has 0 aromatic heterocycles. The maximum atomic E-state index is 11.5. The van der Waals surface area contributed by atoms with Gasteiger partial charge in [-0.25, -0.2) is 0 Å². The molecule has 4 rings (SSSR count). The van der Waals surface area contributed by atoms with Crippen molar-refractivity contribution in [3.63, 3.8) is 0 Å². The Hall–Kier alpha value is -0.790. The van der Waals surface area contributed by atoms with Gasteiger partial charge in [-0.2, -0.15) is 0 Å². The van der Waals surface area contributed by atoms with Crippen LogP contribution in [0.4, 0.5) is 0 Å². The third kappa shape index (κ3) is 4.26. The lowest BCUT2D eigenvalue weighted by Crippen LogP contribution is -2.54. The number of rotatable bonds is 5. The van der Waals surface area contributed by atoms with E-state index in [4.69, 9.17) is 4.74 Å². The van der Waals surface area contributed by atoms with Gasteiger partial charge in [0, 0.05) is 6.92 Å². The average molecular weight is 429 g/mol. The molecule has 176 valence electrons. The van der Waals surface area contributed by atoms with Crippen LogP contribution in [0.25, 0.3) is 0 Å². The van der Waals surface area contributed by atoms with Crippen LogP contribution in [0.1, 0.15) is 106 Å². The molecule has 4 saturated carbocycles. The van der Waals surface area contributed by atoms with E-state index in [2.05, 4.69) is 46.8 Å². The molecule has 0 saturated heterocycles. The number of fused-ring (bicyclic) bond motifs is 5. The van der Waals surface area contributed by atoms with Crippen molar-refractivity contribution >= 4 is 5.97 Å². The second-order valence-electron chi connectivity index (χ2n) is 12.8. The molecule has 2 nitrogen and oxygen atoms in total. The topological polar surface area (TPSA) is 26.3 Å². The van der Waals surface area contributed by atoms with Gasteiger partial charge in [-0.05, 0) is 116 Å². The van der Waals surface area contributed by atoms with Crippen LogP contribution in [0, 0.1) is 52.3 Å². The highest BCUT2D eigenvalue weighted by atomic mass is 16.5. The number of allylic oxidation sites excluding steroid dienone is 2. The van der Waals surface area contributed by atoms with E-state index >= 15 is 0 Å². The van der Waals surface area contributed by atoms with Crippen LogP contribution in [0.3, 0.4) is 0 Å². The summed E-state index contributed by atoms with van der Waals surface area (Å²) in [4.78, 5) is 11.5. The smallest absolute Gasteiger partial charge is 0.302 e. The zero-order chi connectivity index (χ0) is 22.4. The fraction of sp³-hybridized carbons (Fsp3) is 0.897. The summed E-state index contributed by atoms with van der Waals surface area (Å²) in [7, 11) is 0. The molecular weight excluding hydrogens is 380 g/mol. The van der Waals surface area contributed by atoms with Crippen molar-refractivity contribution < 1.29 is 9.53 Å². The number of esters is 1. The first-order valence-electron chi connectivity index (χ1n) is 13.5. The van der Waals surface area contributed by atoms with Crippen LogP contribution in [-0.4, -0.2) is 12.1 Å². The van der Waals surface area contributed by atoms with Gasteiger partial charge in [0.15, 0.2) is 0 Å². The first-order chi connectivity index (χ1) is 14.6. The van der Waals surface area contributed by atoms with Crippen LogP contribution in [0.5, 0.6) is 0 Å². The van der Waals surface area contributed by atoms with Crippen molar-refractivity contribution in [1.29, 1.82) is 0 Å². The Labute approximate surface area is 192 Å². The molecule has 0 spiro atoms. The first-order valence-corrected chi connectivity index (χ1v) is 13.5. The standard InChI is InChI=1S/C29H48O2/c1-19(2)8-7-9-20(3)25-12-13-26-24-11-10-22-18-23(31-21(4)30)14-16-28(22,5)27(24)15-17-29(25,26)6/h7,9,19-20,22-27H,8,10-18H2,1-6H3. The van der Waals surface area contributed by atoms with Crippen molar-refractivity contribution in [2.45, 2.75) is 112 Å². The van der Waals surface area contributed by atoms with Gasteiger partial charge in [0.25, 0.3) is 0 Å². The van der Waals surface area contributed by atoms with Crippen molar-refractivity contribution in [2.75, 3.05) is 0 Å². The fourth-order valence-electron chi connectivity index (χ4n) is 9.16. The number of hydrogen-bond acceptors (Lipinski definition) is 2. The molecular formula is C29H48O2. The largest absolute Gasteiger partial charge is 0.463 e. The van der Waals surface area contributed by atoms with Gasteiger partial charge >= 0.3 is 5.97 Å². The first kappa shape index (κ1) is 23.4. The maximum Gasteiger partial charge on any atom is 0.302 e. The second kappa shape index (κ2) is 8.86. The molecule has 0 N–H and O–H groups in total. The molecule has 4 fully saturated rings. The summed E-state index contributed by atoms with van der Waals surface area (Å²) in [5.74, 6) is 5.77. The Morgan fingerprint density at radius 1 is 0.968 bits per heavy atom. The van der Waals surface area contributed by atoms with Crippen LogP contribution in [0.2, 0.25) is 0 Å². The summed E-state index contributed by atoms with van der Waals surface area (Å²) in [5.41, 5.74) is 1.02. The number of ether oxygens (including phenoxy) is 1. The fourth-order valence-corrected chi connectivity index (χ4v) is 9.16. The highest BCUT2D eigenvalue weighted by Crippen LogP contribution is 2.68. The van der Waals surface area contributed by atoms with Crippen LogP contribution >= 0.6 is 0 Å². The van der Waals surface area contributed by atoms with Gasteiger partial charge < -0.3 is 4.74 Å². The van der Waals surface area contributed by atoms with Crippen molar-refractivity contribution in [2.24, 2.45) is 52.3 Å². The summed E-state index contributed by atoms with van der Waals surface area (Å²) in [5, 5.41) is 0. The molecule has 31 heavy (non-hydrogen) atoms. The molecule has 9 unspecified atom stereocenters. The summed E-state index contributed by atoms with van der Waals surface area (Å²) < 4.78 is 5.65. The monoisotopic (exact) mass is 428 g/mol. The Kier molecular flexibility index (Phi) is 6.68. The van der Waals surface area contributed by atoms with Crippen LogP contribution in [0.15, 0.2) is 12.2 Å². The quantitative estimate of drug-likeness (QED) is 0.329. The second-order valence-corrected chi connectivity index (χ2v) is 12.8. The summed E-state index contributed by atoms with van der Waals surface area (Å²) >= 11 is 0. The van der Waals surface area contributed by atoms with E-state index < -0.39 is 0 Å². The molecule has 4 aliphatic carbocycles. The van der Waals surface area contributed by atoms with E-state index in [0.717, 1.165) is 54.3 Å². The number of carbonyl (C=O) groups excluding carboxylic acids is 1. The van der Waals surface area contributed by atoms with Crippen LogP contribution in [-0.2, 0) is 9.53 Å². The summed E-state index contributed by atoms with van der Waals surface area (Å²) in [6.45, 7) is 14.0. The molecule has 0 radical (unpaired) electrons. The highest BCUT2D eigenvalue weighted by Gasteiger charge is 2.60. The van der Waals surface area contributed by atoms with Crippen molar-refractivity contribution in [1.82, 2.24) is 0 Å². The van der Waals surface area contributed by atoms with E-state index in [9.17, 15) is 4.79 Å².